The summed E-state index contributed by atoms with van der Waals surface area (Å²) in [6, 6.07) is 5.00. The minimum absolute atomic E-state index is 0.752. The second-order valence-corrected chi connectivity index (χ2v) is 7.63. The van der Waals surface area contributed by atoms with Gasteiger partial charge in [-0.05, 0) is 43.0 Å². The van der Waals surface area contributed by atoms with Crippen LogP contribution >= 0.6 is 0 Å². The molecule has 0 bridgehead atoms. The van der Waals surface area contributed by atoms with Crippen molar-refractivity contribution in [1.82, 2.24) is 0 Å². The summed E-state index contributed by atoms with van der Waals surface area (Å²) in [4.78, 5) is 0. The number of ether oxygens (including phenoxy) is 1. The van der Waals surface area contributed by atoms with E-state index in [9.17, 15) is 0 Å². The summed E-state index contributed by atoms with van der Waals surface area (Å²) in [5, 5.41) is 0. The third-order valence-electron chi connectivity index (χ3n) is 3.55. The van der Waals surface area contributed by atoms with Crippen LogP contribution in [0.3, 0.4) is 0 Å². The first-order chi connectivity index (χ1) is 9.01. The number of hydrogen-bond donors (Lipinski definition) is 0. The largest absolute Gasteiger partial charge is 0.500 e. The summed E-state index contributed by atoms with van der Waals surface area (Å²) >= 11 is 0. The predicted molar refractivity (Wildman–Crippen MR) is 77.8 cm³/mol. The molecule has 0 radical (unpaired) electrons. The van der Waals surface area contributed by atoms with E-state index in [4.69, 9.17) is 18.0 Å². The van der Waals surface area contributed by atoms with Crippen LogP contribution < -0.4 is 4.74 Å². The average Bonchev–Trinajstić information content (AvgIpc) is 2.44. The Morgan fingerprint density at radius 1 is 0.947 bits per heavy atom. The Labute approximate surface area is 117 Å². The van der Waals surface area contributed by atoms with Crippen LogP contribution in [0.25, 0.3) is 0 Å². The molecule has 0 aliphatic rings. The molecule has 0 spiro atoms. The van der Waals surface area contributed by atoms with Crippen LogP contribution in [0.4, 0.5) is 0 Å². The fourth-order valence-corrected chi connectivity index (χ4v) is 3.82. The van der Waals surface area contributed by atoms with Crippen molar-refractivity contribution in [2.24, 2.45) is 0 Å². The summed E-state index contributed by atoms with van der Waals surface area (Å²) in [6.07, 6.45) is 0.846. The van der Waals surface area contributed by atoms with Crippen LogP contribution in [0.15, 0.2) is 12.1 Å². The monoisotopic (exact) mass is 284 g/mol. The minimum atomic E-state index is -2.50. The van der Waals surface area contributed by atoms with E-state index in [1.54, 1.807) is 28.4 Å². The van der Waals surface area contributed by atoms with E-state index in [1.165, 1.54) is 16.7 Å². The molecule has 0 heterocycles. The van der Waals surface area contributed by atoms with E-state index in [0.29, 0.717) is 0 Å². The molecule has 1 aromatic carbocycles. The molecule has 0 saturated heterocycles. The van der Waals surface area contributed by atoms with Gasteiger partial charge < -0.3 is 18.0 Å². The molecule has 0 aliphatic heterocycles. The van der Waals surface area contributed by atoms with Crippen LogP contribution in [0, 0.1) is 13.8 Å². The van der Waals surface area contributed by atoms with Gasteiger partial charge in [0.1, 0.15) is 5.75 Å². The zero-order chi connectivity index (χ0) is 14.5. The molecule has 0 aliphatic carbocycles. The summed E-state index contributed by atoms with van der Waals surface area (Å²) in [5.74, 6) is 0.925. The molecule has 0 amide bonds. The molecular weight excluding hydrogens is 260 g/mol. The minimum Gasteiger partial charge on any atom is -0.496 e. The SMILES string of the molecule is COc1cc(CC[Si](OC)(OC)OC)cc(C)c1C. The molecule has 0 aromatic heterocycles. The zero-order valence-electron chi connectivity index (χ0n) is 12.7. The lowest BCUT2D eigenvalue weighted by Gasteiger charge is -2.24. The van der Waals surface area contributed by atoms with E-state index in [1.807, 2.05) is 0 Å². The van der Waals surface area contributed by atoms with Crippen molar-refractivity contribution in [2.45, 2.75) is 26.3 Å². The first kappa shape index (κ1) is 16.2. The van der Waals surface area contributed by atoms with Crippen LogP contribution in [0.2, 0.25) is 6.04 Å². The molecule has 0 atom stereocenters. The van der Waals surface area contributed by atoms with Gasteiger partial charge in [-0.1, -0.05) is 6.07 Å². The summed E-state index contributed by atoms with van der Waals surface area (Å²) < 4.78 is 21.7. The van der Waals surface area contributed by atoms with Crippen molar-refractivity contribution in [3.05, 3.63) is 28.8 Å². The van der Waals surface area contributed by atoms with Gasteiger partial charge in [0, 0.05) is 27.4 Å². The maximum Gasteiger partial charge on any atom is 0.500 e. The fraction of sp³-hybridized carbons (Fsp3) is 0.571. The van der Waals surface area contributed by atoms with Gasteiger partial charge >= 0.3 is 8.80 Å². The molecule has 4 nitrogen and oxygen atoms in total. The van der Waals surface area contributed by atoms with E-state index < -0.39 is 8.80 Å². The maximum atomic E-state index is 5.43. The zero-order valence-corrected chi connectivity index (χ0v) is 13.7. The molecule has 0 N–H and O–H groups in total. The van der Waals surface area contributed by atoms with Crippen molar-refractivity contribution >= 4 is 8.80 Å². The number of methoxy groups -OCH3 is 1. The van der Waals surface area contributed by atoms with Crippen LogP contribution in [0.5, 0.6) is 5.75 Å². The van der Waals surface area contributed by atoms with Crippen molar-refractivity contribution in [1.29, 1.82) is 0 Å². The van der Waals surface area contributed by atoms with Gasteiger partial charge in [-0.25, -0.2) is 0 Å². The summed E-state index contributed by atoms with van der Waals surface area (Å²) in [5.41, 5.74) is 3.62. The van der Waals surface area contributed by atoms with Crippen molar-refractivity contribution in [3.8, 4) is 5.75 Å². The number of benzene rings is 1. The van der Waals surface area contributed by atoms with Gasteiger partial charge in [0.05, 0.1) is 7.11 Å². The van der Waals surface area contributed by atoms with E-state index >= 15 is 0 Å². The van der Waals surface area contributed by atoms with Gasteiger partial charge in [0.15, 0.2) is 0 Å². The quantitative estimate of drug-likeness (QED) is 0.721. The molecule has 0 fully saturated rings. The standard InChI is InChI=1S/C14H24O4Si/c1-11-9-13(10-14(15-3)12(11)2)7-8-19(16-4,17-5)18-6/h9-10H,7-8H2,1-6H3. The molecule has 108 valence electrons. The lowest BCUT2D eigenvalue weighted by Crippen LogP contribution is -2.43. The molecule has 0 saturated carbocycles. The molecule has 5 heteroatoms. The van der Waals surface area contributed by atoms with E-state index in [2.05, 4.69) is 26.0 Å². The highest BCUT2D eigenvalue weighted by atomic mass is 28.4. The Balaban J connectivity index is 2.86. The Morgan fingerprint density at radius 3 is 2.00 bits per heavy atom. The number of aryl methyl sites for hydroxylation is 2. The normalized spacial score (nSPS) is 11.7. The number of rotatable bonds is 7. The Hall–Kier alpha value is -0.883. The first-order valence-electron chi connectivity index (χ1n) is 6.31. The Morgan fingerprint density at radius 2 is 1.53 bits per heavy atom. The first-order valence-corrected chi connectivity index (χ1v) is 8.24. The van der Waals surface area contributed by atoms with Gasteiger partial charge in [-0.2, -0.15) is 0 Å². The second kappa shape index (κ2) is 7.05. The second-order valence-electron chi connectivity index (χ2n) is 4.54. The number of hydrogen-bond acceptors (Lipinski definition) is 4. The third-order valence-corrected chi connectivity index (χ3v) is 6.28. The maximum absolute atomic E-state index is 5.43. The van der Waals surface area contributed by atoms with Crippen LogP contribution in [-0.2, 0) is 19.7 Å². The molecule has 19 heavy (non-hydrogen) atoms. The molecular formula is C14H24O4Si. The van der Waals surface area contributed by atoms with Crippen LogP contribution in [-0.4, -0.2) is 37.2 Å². The van der Waals surface area contributed by atoms with Crippen molar-refractivity contribution in [3.63, 3.8) is 0 Å². The van der Waals surface area contributed by atoms with Crippen molar-refractivity contribution < 1.29 is 18.0 Å². The van der Waals surface area contributed by atoms with Gasteiger partial charge in [0.25, 0.3) is 0 Å². The summed E-state index contributed by atoms with van der Waals surface area (Å²) in [7, 11) is 4.12. The molecule has 0 unspecified atom stereocenters. The fourth-order valence-electron chi connectivity index (χ4n) is 2.11. The molecule has 1 rings (SSSR count). The van der Waals surface area contributed by atoms with E-state index in [-0.39, 0.29) is 0 Å². The van der Waals surface area contributed by atoms with E-state index in [0.717, 1.165) is 18.2 Å². The van der Waals surface area contributed by atoms with Crippen molar-refractivity contribution in [2.75, 3.05) is 28.4 Å². The van der Waals surface area contributed by atoms with Gasteiger partial charge in [0.2, 0.25) is 0 Å². The molecule has 1 aromatic rings. The average molecular weight is 284 g/mol. The highest BCUT2D eigenvalue weighted by molar-refractivity contribution is 6.60. The summed E-state index contributed by atoms with van der Waals surface area (Å²) in [6.45, 7) is 4.16. The third kappa shape index (κ3) is 3.79. The topological polar surface area (TPSA) is 36.9 Å². The Bertz CT molecular complexity index is 408. The predicted octanol–water partition coefficient (Wildman–Crippen LogP) is 2.73. The van der Waals surface area contributed by atoms with Crippen LogP contribution in [0.1, 0.15) is 16.7 Å². The lowest BCUT2D eigenvalue weighted by atomic mass is 10.0. The Kier molecular flexibility index (Phi) is 6.00. The highest BCUT2D eigenvalue weighted by Gasteiger charge is 2.37. The van der Waals surface area contributed by atoms with Gasteiger partial charge in [-0.15, -0.1) is 0 Å². The lowest BCUT2D eigenvalue weighted by molar-refractivity contribution is 0.123. The highest BCUT2D eigenvalue weighted by Crippen LogP contribution is 2.25. The van der Waals surface area contributed by atoms with Gasteiger partial charge in [-0.3, -0.25) is 0 Å². The smallest absolute Gasteiger partial charge is 0.496 e.